The largest absolute Gasteiger partial charge is 0.465 e. The highest BCUT2D eigenvalue weighted by Crippen LogP contribution is 2.41. The van der Waals surface area contributed by atoms with Gasteiger partial charge in [0.15, 0.2) is 10.2 Å². The average molecular weight is 454 g/mol. The lowest BCUT2D eigenvalue weighted by atomic mass is 10.0. The van der Waals surface area contributed by atoms with Crippen LogP contribution in [-0.2, 0) is 9.53 Å². The first-order valence-corrected chi connectivity index (χ1v) is 11.3. The number of hydrogen-bond acceptors (Lipinski definition) is 6. The third-order valence-corrected chi connectivity index (χ3v) is 6.22. The molecule has 1 aliphatic heterocycles. The fraction of sp³-hybridized carbons (Fsp3) is 0.261. The molecule has 0 radical (unpaired) electrons. The number of thiocarbonyl (C=S) groups is 1. The highest BCUT2D eigenvalue weighted by molar-refractivity contribution is 7.99. The normalized spacial score (nSPS) is 18.1. The van der Waals surface area contributed by atoms with E-state index in [1.54, 1.807) is 24.9 Å². The average Bonchev–Trinajstić information content (AvgIpc) is 3.35. The lowest BCUT2D eigenvalue weighted by Gasteiger charge is -2.25. The summed E-state index contributed by atoms with van der Waals surface area (Å²) in [7, 11) is 0. The smallest absolute Gasteiger partial charge is 0.325 e. The quantitative estimate of drug-likeness (QED) is 0.409. The molecule has 0 aliphatic carbocycles. The molecule has 1 fully saturated rings. The van der Waals surface area contributed by atoms with E-state index in [1.807, 2.05) is 35.2 Å². The van der Waals surface area contributed by atoms with E-state index in [1.165, 1.54) is 5.56 Å². The molecule has 1 N–H and O–H groups in total. The number of furan rings is 1. The van der Waals surface area contributed by atoms with Gasteiger partial charge in [0.1, 0.15) is 18.3 Å². The maximum absolute atomic E-state index is 12.2. The molecular formula is C23H23N3O3S2. The Kier molecular flexibility index (Phi) is 6.58. The van der Waals surface area contributed by atoms with Crippen molar-refractivity contribution in [3.8, 4) is 0 Å². The van der Waals surface area contributed by atoms with Crippen molar-refractivity contribution in [3.63, 3.8) is 0 Å². The van der Waals surface area contributed by atoms with Crippen molar-refractivity contribution in [2.45, 2.75) is 35.9 Å². The van der Waals surface area contributed by atoms with Crippen LogP contribution in [0.25, 0.3) is 0 Å². The number of aromatic nitrogens is 1. The van der Waals surface area contributed by atoms with Gasteiger partial charge in [0.25, 0.3) is 0 Å². The molecule has 1 saturated heterocycles. The minimum atomic E-state index is -0.334. The monoisotopic (exact) mass is 453 g/mol. The molecule has 0 unspecified atom stereocenters. The van der Waals surface area contributed by atoms with Gasteiger partial charge in [-0.15, -0.1) is 0 Å². The molecule has 0 bridgehead atoms. The molecule has 2 atom stereocenters. The van der Waals surface area contributed by atoms with E-state index in [9.17, 15) is 4.79 Å². The Bertz CT molecular complexity index is 1050. The van der Waals surface area contributed by atoms with Crippen molar-refractivity contribution in [2.75, 3.05) is 13.2 Å². The molecule has 0 saturated carbocycles. The van der Waals surface area contributed by atoms with Gasteiger partial charge in [0.2, 0.25) is 0 Å². The van der Waals surface area contributed by atoms with Crippen LogP contribution in [0.5, 0.6) is 0 Å². The van der Waals surface area contributed by atoms with E-state index in [2.05, 4.69) is 41.5 Å². The summed E-state index contributed by atoms with van der Waals surface area (Å²) >= 11 is 7.10. The minimum Gasteiger partial charge on any atom is -0.465 e. The molecule has 8 heteroatoms. The van der Waals surface area contributed by atoms with Crippen molar-refractivity contribution in [1.82, 2.24) is 15.2 Å². The van der Waals surface area contributed by atoms with Crippen LogP contribution >= 0.6 is 24.0 Å². The number of carbonyl (C=O) groups excluding carboxylic acids is 1. The molecule has 1 aliphatic rings. The number of ether oxygens (including phenoxy) is 1. The molecule has 6 nitrogen and oxygen atoms in total. The van der Waals surface area contributed by atoms with Gasteiger partial charge in [0.05, 0.1) is 18.3 Å². The van der Waals surface area contributed by atoms with Crippen LogP contribution in [0, 0.1) is 6.92 Å². The number of nitrogens with zero attached hydrogens (tertiary/aromatic N) is 2. The van der Waals surface area contributed by atoms with Gasteiger partial charge in [-0.1, -0.05) is 35.5 Å². The fourth-order valence-electron chi connectivity index (χ4n) is 3.50. The zero-order valence-corrected chi connectivity index (χ0v) is 18.9. The number of aryl methyl sites for hydroxylation is 1. The number of esters is 1. The van der Waals surface area contributed by atoms with E-state index in [4.69, 9.17) is 21.4 Å². The van der Waals surface area contributed by atoms with E-state index in [-0.39, 0.29) is 24.6 Å². The zero-order chi connectivity index (χ0) is 21.8. The van der Waals surface area contributed by atoms with Crippen LogP contribution in [0.15, 0.2) is 75.2 Å². The summed E-state index contributed by atoms with van der Waals surface area (Å²) in [4.78, 5) is 19.6. The first kappa shape index (κ1) is 21.4. The van der Waals surface area contributed by atoms with Crippen molar-refractivity contribution >= 4 is 35.1 Å². The second-order valence-corrected chi connectivity index (χ2v) is 8.60. The van der Waals surface area contributed by atoms with Gasteiger partial charge in [0, 0.05) is 11.1 Å². The Morgan fingerprint density at radius 2 is 2.03 bits per heavy atom. The molecular weight excluding hydrogens is 430 g/mol. The molecule has 3 heterocycles. The minimum absolute atomic E-state index is 0.0365. The second-order valence-electron chi connectivity index (χ2n) is 7.13. The van der Waals surface area contributed by atoms with Gasteiger partial charge >= 0.3 is 5.97 Å². The molecule has 0 amide bonds. The standard InChI is InChI=1S/C23H23N3O3S2/c1-3-28-19(27)14-26-22(21(25-23(26)30)17-6-4-5-13-24-17)18-11-12-20(29-18)31-16-9-7-15(2)8-10-16/h4-13,21-22H,3,14H2,1-2H3,(H,25,30)/t21-,22-/m1/s1. The van der Waals surface area contributed by atoms with Crippen LogP contribution in [0.2, 0.25) is 0 Å². The van der Waals surface area contributed by atoms with Crippen LogP contribution in [-0.4, -0.2) is 34.1 Å². The SMILES string of the molecule is CCOC(=O)CN1C(=S)N[C@H](c2ccccn2)[C@H]1c1ccc(Sc2ccc(C)cc2)o1. The van der Waals surface area contributed by atoms with Crippen molar-refractivity contribution in [3.05, 3.63) is 77.8 Å². The highest BCUT2D eigenvalue weighted by atomic mass is 32.2. The van der Waals surface area contributed by atoms with Crippen molar-refractivity contribution in [2.24, 2.45) is 0 Å². The van der Waals surface area contributed by atoms with Crippen molar-refractivity contribution < 1.29 is 13.9 Å². The van der Waals surface area contributed by atoms with E-state index in [0.717, 1.165) is 15.7 Å². The molecule has 2 aromatic heterocycles. The summed E-state index contributed by atoms with van der Waals surface area (Å²) in [5.74, 6) is 0.376. The summed E-state index contributed by atoms with van der Waals surface area (Å²) in [6, 6.07) is 17.3. The first-order chi connectivity index (χ1) is 15.0. The number of carbonyl (C=O) groups is 1. The Labute approximate surface area is 191 Å². The summed E-state index contributed by atoms with van der Waals surface area (Å²) in [5.41, 5.74) is 2.04. The summed E-state index contributed by atoms with van der Waals surface area (Å²) < 4.78 is 11.4. The van der Waals surface area contributed by atoms with E-state index >= 15 is 0 Å². The van der Waals surface area contributed by atoms with Crippen molar-refractivity contribution in [1.29, 1.82) is 0 Å². The lowest BCUT2D eigenvalue weighted by molar-refractivity contribution is -0.143. The Morgan fingerprint density at radius 1 is 1.23 bits per heavy atom. The molecule has 0 spiro atoms. The van der Waals surface area contributed by atoms with Gasteiger partial charge in [-0.2, -0.15) is 0 Å². The third kappa shape index (κ3) is 4.91. The highest BCUT2D eigenvalue weighted by Gasteiger charge is 2.42. The van der Waals surface area contributed by atoms with Crippen LogP contribution in [0.4, 0.5) is 0 Å². The number of rotatable bonds is 7. The number of benzene rings is 1. The second kappa shape index (κ2) is 9.53. The van der Waals surface area contributed by atoms with Gasteiger partial charge in [-0.25, -0.2) is 0 Å². The van der Waals surface area contributed by atoms with E-state index < -0.39 is 0 Å². The molecule has 160 valence electrons. The number of hydrogen-bond donors (Lipinski definition) is 1. The fourth-order valence-corrected chi connectivity index (χ4v) is 4.58. The zero-order valence-electron chi connectivity index (χ0n) is 17.3. The predicted molar refractivity (Wildman–Crippen MR) is 123 cm³/mol. The Morgan fingerprint density at radius 3 is 2.74 bits per heavy atom. The topological polar surface area (TPSA) is 67.6 Å². The lowest BCUT2D eigenvalue weighted by Crippen LogP contribution is -2.35. The molecule has 3 aromatic rings. The maximum Gasteiger partial charge on any atom is 0.325 e. The third-order valence-electron chi connectivity index (χ3n) is 4.94. The number of pyridine rings is 1. The maximum atomic E-state index is 12.2. The Balaban J connectivity index is 1.63. The van der Waals surface area contributed by atoms with Crippen LogP contribution in [0.3, 0.4) is 0 Å². The first-order valence-electron chi connectivity index (χ1n) is 10.0. The van der Waals surface area contributed by atoms with Crippen LogP contribution < -0.4 is 5.32 Å². The molecule has 1 aromatic carbocycles. The summed E-state index contributed by atoms with van der Waals surface area (Å²) in [6.45, 7) is 4.20. The van der Waals surface area contributed by atoms with Gasteiger partial charge < -0.3 is 19.4 Å². The summed E-state index contributed by atoms with van der Waals surface area (Å²) in [5, 5.41) is 4.54. The van der Waals surface area contributed by atoms with Gasteiger partial charge in [-0.3, -0.25) is 9.78 Å². The molecule has 31 heavy (non-hydrogen) atoms. The Hall–Kier alpha value is -2.84. The number of nitrogens with one attached hydrogen (secondary N) is 1. The summed E-state index contributed by atoms with van der Waals surface area (Å²) in [6.07, 6.45) is 1.74. The van der Waals surface area contributed by atoms with Crippen LogP contribution in [0.1, 0.15) is 36.0 Å². The van der Waals surface area contributed by atoms with E-state index in [0.29, 0.717) is 17.5 Å². The van der Waals surface area contributed by atoms with Gasteiger partial charge in [-0.05, 0) is 62.5 Å². The molecule has 4 rings (SSSR count). The predicted octanol–water partition coefficient (Wildman–Crippen LogP) is 4.67.